The number of aromatic nitrogens is 1. The number of benzene rings is 1. The molecule has 0 aliphatic heterocycles. The molecule has 2 rings (SSSR count). The summed E-state index contributed by atoms with van der Waals surface area (Å²) in [4.78, 5) is 4.24. The highest BCUT2D eigenvalue weighted by Crippen LogP contribution is 2.18. The summed E-state index contributed by atoms with van der Waals surface area (Å²) in [6, 6.07) is 6.34. The van der Waals surface area contributed by atoms with Crippen LogP contribution in [0.2, 0.25) is 0 Å². The molecule has 0 aliphatic rings. The molecule has 2 N–H and O–H groups in total. The fraction of sp³-hybridized carbons (Fsp3) is 0.222. The quantitative estimate of drug-likeness (QED) is 0.761. The van der Waals surface area contributed by atoms with Gasteiger partial charge in [-0.2, -0.15) is 0 Å². The summed E-state index contributed by atoms with van der Waals surface area (Å²) in [5, 5.41) is 0. The van der Waals surface area contributed by atoms with Gasteiger partial charge in [-0.3, -0.25) is 0 Å². The number of nitrogens with two attached hydrogens (primary N) is 1. The molecular formula is C9H10N2S. The predicted molar refractivity (Wildman–Crippen MR) is 52.4 cm³/mol. The second kappa shape index (κ2) is 3.21. The van der Waals surface area contributed by atoms with Crippen LogP contribution in [-0.2, 0) is 6.42 Å². The summed E-state index contributed by atoms with van der Waals surface area (Å²) >= 11 is 1.67. The van der Waals surface area contributed by atoms with Crippen LogP contribution in [0.1, 0.15) is 5.56 Å². The predicted octanol–water partition coefficient (Wildman–Crippen LogP) is 1.80. The van der Waals surface area contributed by atoms with E-state index >= 15 is 0 Å². The van der Waals surface area contributed by atoms with Crippen LogP contribution >= 0.6 is 11.3 Å². The van der Waals surface area contributed by atoms with Crippen LogP contribution in [0.25, 0.3) is 10.2 Å². The van der Waals surface area contributed by atoms with E-state index < -0.39 is 0 Å². The van der Waals surface area contributed by atoms with Gasteiger partial charge in [-0.1, -0.05) is 6.07 Å². The normalized spacial score (nSPS) is 10.8. The van der Waals surface area contributed by atoms with Gasteiger partial charge >= 0.3 is 0 Å². The van der Waals surface area contributed by atoms with Crippen molar-refractivity contribution in [1.82, 2.24) is 4.98 Å². The molecule has 0 unspecified atom stereocenters. The van der Waals surface area contributed by atoms with Crippen LogP contribution < -0.4 is 5.73 Å². The average Bonchev–Trinajstić information content (AvgIpc) is 2.51. The number of fused-ring (bicyclic) bond motifs is 1. The lowest BCUT2D eigenvalue weighted by Gasteiger charge is -1.96. The number of nitrogens with zero attached hydrogens (tertiary/aromatic N) is 1. The summed E-state index contributed by atoms with van der Waals surface area (Å²) < 4.78 is 1.25. The van der Waals surface area contributed by atoms with Gasteiger partial charge < -0.3 is 5.73 Å². The third-order valence-corrected chi connectivity index (χ3v) is 2.64. The minimum Gasteiger partial charge on any atom is -0.330 e. The van der Waals surface area contributed by atoms with Crippen molar-refractivity contribution in [2.45, 2.75) is 6.42 Å². The van der Waals surface area contributed by atoms with Gasteiger partial charge in [-0.15, -0.1) is 11.3 Å². The highest BCUT2D eigenvalue weighted by Gasteiger charge is 1.97. The lowest BCUT2D eigenvalue weighted by atomic mass is 10.1. The summed E-state index contributed by atoms with van der Waals surface area (Å²) in [6.07, 6.45) is 0.938. The minimum absolute atomic E-state index is 0.704. The summed E-state index contributed by atoms with van der Waals surface area (Å²) in [5.41, 5.74) is 9.70. The molecule has 62 valence electrons. The minimum atomic E-state index is 0.704. The Morgan fingerprint density at radius 1 is 1.42 bits per heavy atom. The Labute approximate surface area is 75.0 Å². The van der Waals surface area contributed by atoms with E-state index in [2.05, 4.69) is 23.2 Å². The zero-order valence-electron chi connectivity index (χ0n) is 6.66. The summed E-state index contributed by atoms with van der Waals surface area (Å²) in [7, 11) is 0. The number of hydrogen-bond acceptors (Lipinski definition) is 3. The number of thiazole rings is 1. The van der Waals surface area contributed by atoms with Crippen molar-refractivity contribution in [3.63, 3.8) is 0 Å². The van der Waals surface area contributed by atoms with Gasteiger partial charge in [-0.05, 0) is 30.7 Å². The van der Waals surface area contributed by atoms with Gasteiger partial charge in [0, 0.05) is 0 Å². The van der Waals surface area contributed by atoms with Gasteiger partial charge in [0.1, 0.15) is 0 Å². The zero-order chi connectivity index (χ0) is 8.39. The molecule has 2 nitrogen and oxygen atoms in total. The molecule has 1 aromatic heterocycles. The first-order chi connectivity index (χ1) is 5.90. The Morgan fingerprint density at radius 3 is 3.17 bits per heavy atom. The molecule has 0 saturated heterocycles. The van der Waals surface area contributed by atoms with Crippen molar-refractivity contribution in [2.75, 3.05) is 6.54 Å². The van der Waals surface area contributed by atoms with Gasteiger partial charge in [-0.25, -0.2) is 4.98 Å². The van der Waals surface area contributed by atoms with Crippen LogP contribution in [0, 0.1) is 0 Å². The third-order valence-electron chi connectivity index (χ3n) is 1.83. The van der Waals surface area contributed by atoms with E-state index in [9.17, 15) is 0 Å². The van der Waals surface area contributed by atoms with Crippen molar-refractivity contribution in [3.8, 4) is 0 Å². The topological polar surface area (TPSA) is 38.9 Å². The molecule has 0 bridgehead atoms. The second-order valence-electron chi connectivity index (χ2n) is 2.69. The summed E-state index contributed by atoms with van der Waals surface area (Å²) in [5.74, 6) is 0. The summed E-state index contributed by atoms with van der Waals surface area (Å²) in [6.45, 7) is 0.704. The lowest BCUT2D eigenvalue weighted by molar-refractivity contribution is 0.970. The maximum Gasteiger partial charge on any atom is 0.0814 e. The average molecular weight is 178 g/mol. The van der Waals surface area contributed by atoms with Crippen molar-refractivity contribution < 1.29 is 0 Å². The highest BCUT2D eigenvalue weighted by molar-refractivity contribution is 7.16. The molecule has 0 fully saturated rings. The molecule has 0 amide bonds. The van der Waals surface area contributed by atoms with Crippen LogP contribution in [0.15, 0.2) is 23.7 Å². The largest absolute Gasteiger partial charge is 0.330 e. The Balaban J connectivity index is 2.46. The fourth-order valence-corrected chi connectivity index (χ4v) is 1.88. The highest BCUT2D eigenvalue weighted by atomic mass is 32.1. The van der Waals surface area contributed by atoms with Crippen LogP contribution in [-0.4, -0.2) is 11.5 Å². The first-order valence-corrected chi connectivity index (χ1v) is 4.80. The van der Waals surface area contributed by atoms with Gasteiger partial charge in [0.25, 0.3) is 0 Å². The first kappa shape index (κ1) is 7.71. The molecule has 0 atom stereocenters. The van der Waals surface area contributed by atoms with Crippen LogP contribution in [0.4, 0.5) is 0 Å². The SMILES string of the molecule is NCCc1ccc2scnc2c1. The maximum atomic E-state index is 5.46. The van der Waals surface area contributed by atoms with E-state index in [-0.39, 0.29) is 0 Å². The van der Waals surface area contributed by atoms with Gasteiger partial charge in [0.05, 0.1) is 15.7 Å². The molecule has 1 heterocycles. The van der Waals surface area contributed by atoms with E-state index in [1.54, 1.807) is 11.3 Å². The Hall–Kier alpha value is -0.930. The van der Waals surface area contributed by atoms with E-state index in [0.717, 1.165) is 11.9 Å². The molecule has 0 aliphatic carbocycles. The Kier molecular flexibility index (Phi) is 2.06. The van der Waals surface area contributed by atoms with Gasteiger partial charge in [0.2, 0.25) is 0 Å². The molecule has 12 heavy (non-hydrogen) atoms. The molecular weight excluding hydrogens is 168 g/mol. The van der Waals surface area contributed by atoms with E-state index in [0.29, 0.717) is 6.54 Å². The molecule has 1 aromatic carbocycles. The van der Waals surface area contributed by atoms with Crippen LogP contribution in [0.3, 0.4) is 0 Å². The van der Waals surface area contributed by atoms with Gasteiger partial charge in [0.15, 0.2) is 0 Å². The Morgan fingerprint density at radius 2 is 2.33 bits per heavy atom. The fourth-order valence-electron chi connectivity index (χ4n) is 1.23. The Bertz CT molecular complexity index is 381. The van der Waals surface area contributed by atoms with E-state index in [1.165, 1.54) is 10.3 Å². The van der Waals surface area contributed by atoms with E-state index in [1.807, 2.05) is 5.51 Å². The zero-order valence-corrected chi connectivity index (χ0v) is 7.47. The van der Waals surface area contributed by atoms with E-state index in [4.69, 9.17) is 5.73 Å². The molecule has 0 saturated carbocycles. The third kappa shape index (κ3) is 1.33. The smallest absolute Gasteiger partial charge is 0.0814 e. The first-order valence-electron chi connectivity index (χ1n) is 3.92. The lowest BCUT2D eigenvalue weighted by Crippen LogP contribution is -2.02. The maximum absolute atomic E-state index is 5.46. The van der Waals surface area contributed by atoms with Crippen molar-refractivity contribution in [3.05, 3.63) is 29.3 Å². The number of hydrogen-bond donors (Lipinski definition) is 1. The van der Waals surface area contributed by atoms with Crippen molar-refractivity contribution in [1.29, 1.82) is 0 Å². The van der Waals surface area contributed by atoms with Crippen LogP contribution in [0.5, 0.6) is 0 Å². The second-order valence-corrected chi connectivity index (χ2v) is 3.58. The molecule has 0 spiro atoms. The van der Waals surface area contributed by atoms with Crippen molar-refractivity contribution in [2.24, 2.45) is 5.73 Å². The molecule has 0 radical (unpaired) electrons. The monoisotopic (exact) mass is 178 g/mol. The number of rotatable bonds is 2. The van der Waals surface area contributed by atoms with Crippen molar-refractivity contribution >= 4 is 21.6 Å². The molecule has 3 heteroatoms. The molecule has 2 aromatic rings. The standard InChI is InChI=1S/C9H10N2S/c10-4-3-7-1-2-9-8(5-7)11-6-12-9/h1-2,5-6H,3-4,10H2.